The predicted molar refractivity (Wildman–Crippen MR) is 66.5 cm³/mol. The topological polar surface area (TPSA) is 54.5 Å². The SMILES string of the molecule is CCC(=O)N1CC(S(=O)(=O)C2CCCCC2)C1. The van der Waals surface area contributed by atoms with Gasteiger partial charge in [0.1, 0.15) is 0 Å². The van der Waals surface area contributed by atoms with E-state index in [0.29, 0.717) is 19.5 Å². The highest BCUT2D eigenvalue weighted by Gasteiger charge is 2.43. The van der Waals surface area contributed by atoms with Crippen molar-refractivity contribution in [3.05, 3.63) is 0 Å². The quantitative estimate of drug-likeness (QED) is 0.769. The van der Waals surface area contributed by atoms with Crippen molar-refractivity contribution >= 4 is 15.7 Å². The van der Waals surface area contributed by atoms with Crippen LogP contribution in [0.25, 0.3) is 0 Å². The van der Waals surface area contributed by atoms with E-state index in [9.17, 15) is 13.2 Å². The normalized spacial score (nSPS) is 23.5. The highest BCUT2D eigenvalue weighted by atomic mass is 32.2. The molecule has 4 nitrogen and oxygen atoms in total. The summed E-state index contributed by atoms with van der Waals surface area (Å²) in [5, 5.41) is -0.429. The fourth-order valence-electron chi connectivity index (χ4n) is 2.74. The maximum Gasteiger partial charge on any atom is 0.222 e. The number of hydrogen-bond donors (Lipinski definition) is 0. The average Bonchev–Trinajstić information content (AvgIpc) is 2.27. The van der Waals surface area contributed by atoms with E-state index in [1.54, 1.807) is 4.90 Å². The molecule has 0 aromatic heterocycles. The summed E-state index contributed by atoms with van der Waals surface area (Å²) in [6.45, 7) is 2.66. The molecule has 1 aliphatic heterocycles. The van der Waals surface area contributed by atoms with E-state index in [-0.39, 0.29) is 16.4 Å². The zero-order valence-electron chi connectivity index (χ0n) is 10.4. The summed E-state index contributed by atoms with van der Waals surface area (Å²) in [5.41, 5.74) is 0. The third kappa shape index (κ3) is 2.49. The zero-order valence-corrected chi connectivity index (χ0v) is 11.2. The van der Waals surface area contributed by atoms with Crippen molar-refractivity contribution in [2.45, 2.75) is 55.9 Å². The van der Waals surface area contributed by atoms with Crippen molar-refractivity contribution in [2.75, 3.05) is 13.1 Å². The first-order valence-electron chi connectivity index (χ1n) is 6.56. The van der Waals surface area contributed by atoms with Gasteiger partial charge in [0.2, 0.25) is 5.91 Å². The summed E-state index contributed by atoms with van der Waals surface area (Å²) >= 11 is 0. The van der Waals surface area contributed by atoms with Gasteiger partial charge >= 0.3 is 0 Å². The van der Waals surface area contributed by atoms with Gasteiger partial charge in [-0.25, -0.2) is 8.42 Å². The third-order valence-electron chi connectivity index (χ3n) is 3.98. The molecule has 0 N–H and O–H groups in total. The van der Waals surface area contributed by atoms with Gasteiger partial charge in [0.05, 0.1) is 10.5 Å². The number of likely N-dealkylation sites (tertiary alicyclic amines) is 1. The predicted octanol–water partition coefficient (Wildman–Crippen LogP) is 1.35. The minimum atomic E-state index is -2.99. The van der Waals surface area contributed by atoms with Crippen LogP contribution in [-0.4, -0.2) is 42.8 Å². The Morgan fingerprint density at radius 3 is 2.24 bits per heavy atom. The van der Waals surface area contributed by atoms with Gasteiger partial charge in [-0.05, 0) is 12.8 Å². The maximum atomic E-state index is 12.3. The summed E-state index contributed by atoms with van der Waals surface area (Å²) < 4.78 is 24.6. The largest absolute Gasteiger partial charge is 0.340 e. The zero-order chi connectivity index (χ0) is 12.5. The first kappa shape index (κ1) is 12.9. The molecule has 1 amide bonds. The molecular formula is C12H21NO3S. The number of nitrogens with zero attached hydrogens (tertiary/aromatic N) is 1. The molecule has 98 valence electrons. The van der Waals surface area contributed by atoms with Crippen molar-refractivity contribution < 1.29 is 13.2 Å². The molecule has 5 heteroatoms. The van der Waals surface area contributed by atoms with Crippen LogP contribution >= 0.6 is 0 Å². The van der Waals surface area contributed by atoms with Gasteiger partial charge in [0.25, 0.3) is 0 Å². The van der Waals surface area contributed by atoms with E-state index in [2.05, 4.69) is 0 Å². The van der Waals surface area contributed by atoms with Gasteiger partial charge in [0, 0.05) is 19.5 Å². The lowest BCUT2D eigenvalue weighted by molar-refractivity contribution is -0.133. The number of sulfone groups is 1. The van der Waals surface area contributed by atoms with E-state index < -0.39 is 9.84 Å². The minimum Gasteiger partial charge on any atom is -0.340 e. The molecule has 1 heterocycles. The van der Waals surface area contributed by atoms with Crippen molar-refractivity contribution in [3.63, 3.8) is 0 Å². The van der Waals surface area contributed by atoms with Gasteiger partial charge < -0.3 is 4.90 Å². The molecule has 2 aliphatic rings. The van der Waals surface area contributed by atoms with Crippen LogP contribution in [0, 0.1) is 0 Å². The molecule has 0 atom stereocenters. The molecule has 17 heavy (non-hydrogen) atoms. The standard InChI is InChI=1S/C12H21NO3S/c1-2-12(14)13-8-11(9-13)17(15,16)10-6-4-3-5-7-10/h10-11H,2-9H2,1H3. The first-order chi connectivity index (χ1) is 8.05. The van der Waals surface area contributed by atoms with Crippen molar-refractivity contribution in [1.82, 2.24) is 4.90 Å². The molecule has 0 bridgehead atoms. The van der Waals surface area contributed by atoms with Crippen LogP contribution in [0.3, 0.4) is 0 Å². The Kier molecular flexibility index (Phi) is 3.76. The molecule has 0 spiro atoms. The minimum absolute atomic E-state index is 0.0695. The lowest BCUT2D eigenvalue weighted by Gasteiger charge is -2.40. The Hall–Kier alpha value is -0.580. The number of carbonyl (C=O) groups is 1. The monoisotopic (exact) mass is 259 g/mol. The molecule has 0 radical (unpaired) electrons. The highest BCUT2D eigenvalue weighted by Crippen LogP contribution is 2.29. The second-order valence-corrected chi connectivity index (χ2v) is 7.63. The molecule has 2 rings (SSSR count). The molecule has 0 unspecified atom stereocenters. The van der Waals surface area contributed by atoms with Crippen LogP contribution in [0.1, 0.15) is 45.4 Å². The lowest BCUT2D eigenvalue weighted by atomic mass is 10.0. The van der Waals surface area contributed by atoms with E-state index in [0.717, 1.165) is 32.1 Å². The fourth-order valence-corrected chi connectivity index (χ4v) is 5.05. The van der Waals surface area contributed by atoms with Gasteiger partial charge in [-0.1, -0.05) is 26.2 Å². The van der Waals surface area contributed by atoms with Crippen molar-refractivity contribution in [2.24, 2.45) is 0 Å². The first-order valence-corrected chi connectivity index (χ1v) is 8.17. The summed E-state index contributed by atoms with van der Waals surface area (Å²) in [4.78, 5) is 13.0. The second-order valence-electron chi connectivity index (χ2n) is 5.12. The Labute approximate surface area is 103 Å². The fraction of sp³-hybridized carbons (Fsp3) is 0.917. The van der Waals surface area contributed by atoms with Gasteiger partial charge in [-0.15, -0.1) is 0 Å². The molecule has 1 saturated carbocycles. The van der Waals surface area contributed by atoms with Crippen LogP contribution in [0.2, 0.25) is 0 Å². The number of amides is 1. The van der Waals surface area contributed by atoms with Crippen molar-refractivity contribution in [3.8, 4) is 0 Å². The Balaban J connectivity index is 1.92. The highest BCUT2D eigenvalue weighted by molar-refractivity contribution is 7.92. The number of carbonyl (C=O) groups excluding carboxylic acids is 1. The van der Waals surface area contributed by atoms with Crippen LogP contribution in [0.4, 0.5) is 0 Å². The maximum absolute atomic E-state index is 12.3. The van der Waals surface area contributed by atoms with Gasteiger partial charge in [-0.2, -0.15) is 0 Å². The molecule has 1 aliphatic carbocycles. The van der Waals surface area contributed by atoms with E-state index >= 15 is 0 Å². The molecule has 0 aromatic carbocycles. The van der Waals surface area contributed by atoms with Crippen molar-refractivity contribution in [1.29, 1.82) is 0 Å². The third-order valence-corrected chi connectivity index (χ3v) is 6.61. The Bertz CT molecular complexity index is 379. The summed E-state index contributed by atoms with van der Waals surface area (Å²) in [6.07, 6.45) is 5.34. The smallest absolute Gasteiger partial charge is 0.222 e. The molecular weight excluding hydrogens is 238 g/mol. The summed E-state index contributed by atoms with van der Waals surface area (Å²) in [6, 6.07) is 0. The van der Waals surface area contributed by atoms with Gasteiger partial charge in [0.15, 0.2) is 9.84 Å². The van der Waals surface area contributed by atoms with Crippen LogP contribution < -0.4 is 0 Å². The van der Waals surface area contributed by atoms with E-state index in [4.69, 9.17) is 0 Å². The summed E-state index contributed by atoms with van der Waals surface area (Å²) in [5.74, 6) is 0.0695. The van der Waals surface area contributed by atoms with Gasteiger partial charge in [-0.3, -0.25) is 4.79 Å². The Morgan fingerprint density at radius 1 is 1.12 bits per heavy atom. The van der Waals surface area contributed by atoms with E-state index in [1.165, 1.54) is 0 Å². The summed E-state index contributed by atoms with van der Waals surface area (Å²) in [7, 11) is -2.99. The molecule has 1 saturated heterocycles. The molecule has 0 aromatic rings. The van der Waals surface area contributed by atoms with Crippen LogP contribution in [-0.2, 0) is 14.6 Å². The average molecular weight is 259 g/mol. The van der Waals surface area contributed by atoms with Crippen LogP contribution in [0.15, 0.2) is 0 Å². The van der Waals surface area contributed by atoms with Crippen LogP contribution in [0.5, 0.6) is 0 Å². The lowest BCUT2D eigenvalue weighted by Crippen LogP contribution is -2.58. The second kappa shape index (κ2) is 4.96. The number of rotatable bonds is 3. The number of hydrogen-bond acceptors (Lipinski definition) is 3. The van der Waals surface area contributed by atoms with E-state index in [1.807, 2.05) is 6.92 Å². The Morgan fingerprint density at radius 2 is 1.71 bits per heavy atom. The molecule has 2 fully saturated rings.